The lowest BCUT2D eigenvalue weighted by Crippen LogP contribution is -1.98. The van der Waals surface area contributed by atoms with Gasteiger partial charge in [0.15, 0.2) is 0 Å². The molecule has 0 aliphatic rings. The normalized spacial score (nSPS) is 10.3. The number of aryl methyl sites for hydroxylation is 2. The lowest BCUT2D eigenvalue weighted by Gasteiger charge is -2.13. The van der Waals surface area contributed by atoms with Crippen LogP contribution in [0.4, 0.5) is 21.5 Å². The number of anilines is 3. The zero-order valence-electron chi connectivity index (χ0n) is 9.92. The second-order valence-corrected chi connectivity index (χ2v) is 4.13. The van der Waals surface area contributed by atoms with E-state index < -0.39 is 5.82 Å². The van der Waals surface area contributed by atoms with E-state index in [1.54, 1.807) is 12.1 Å². The van der Waals surface area contributed by atoms with Crippen molar-refractivity contribution in [3.8, 4) is 0 Å². The molecule has 0 heterocycles. The third kappa shape index (κ3) is 2.38. The van der Waals surface area contributed by atoms with Gasteiger partial charge in [0.25, 0.3) is 0 Å². The minimum atomic E-state index is -0.402. The summed E-state index contributed by atoms with van der Waals surface area (Å²) in [7, 11) is 0. The molecule has 0 fully saturated rings. The zero-order valence-corrected chi connectivity index (χ0v) is 9.92. The van der Waals surface area contributed by atoms with Crippen LogP contribution in [-0.2, 0) is 0 Å². The largest absolute Gasteiger partial charge is 0.396 e. The molecule has 0 saturated heterocycles. The van der Waals surface area contributed by atoms with Gasteiger partial charge in [-0.05, 0) is 43.2 Å². The van der Waals surface area contributed by atoms with Crippen LogP contribution in [0.15, 0.2) is 36.4 Å². The van der Waals surface area contributed by atoms with Crippen molar-refractivity contribution in [1.29, 1.82) is 0 Å². The maximum absolute atomic E-state index is 13.3. The van der Waals surface area contributed by atoms with Crippen LogP contribution in [0.2, 0.25) is 0 Å². The average molecular weight is 230 g/mol. The number of hydrogen-bond donors (Lipinski definition) is 2. The summed E-state index contributed by atoms with van der Waals surface area (Å²) in [6, 6.07) is 10.8. The standard InChI is InChI=1S/C14H15FN2/c1-9-4-3-5-10(2)14(9)17-11-6-7-13(16)12(15)8-11/h3-8,17H,16H2,1-2H3. The number of hydrogen-bond acceptors (Lipinski definition) is 2. The van der Waals surface area contributed by atoms with E-state index in [-0.39, 0.29) is 5.69 Å². The molecule has 0 aromatic heterocycles. The fraction of sp³-hybridized carbons (Fsp3) is 0.143. The Morgan fingerprint density at radius 1 is 1.06 bits per heavy atom. The van der Waals surface area contributed by atoms with Gasteiger partial charge in [0.2, 0.25) is 0 Å². The van der Waals surface area contributed by atoms with Gasteiger partial charge in [-0.15, -0.1) is 0 Å². The minimum Gasteiger partial charge on any atom is -0.396 e. The summed E-state index contributed by atoms with van der Waals surface area (Å²) in [6.45, 7) is 4.03. The van der Waals surface area contributed by atoms with Crippen molar-refractivity contribution in [2.75, 3.05) is 11.1 Å². The molecule has 3 N–H and O–H groups in total. The molecule has 0 bridgehead atoms. The number of nitrogens with one attached hydrogen (secondary N) is 1. The van der Waals surface area contributed by atoms with E-state index in [9.17, 15) is 4.39 Å². The van der Waals surface area contributed by atoms with Gasteiger partial charge in [-0.1, -0.05) is 18.2 Å². The first kappa shape index (κ1) is 11.5. The molecule has 2 rings (SSSR count). The van der Waals surface area contributed by atoms with E-state index in [0.717, 1.165) is 16.8 Å². The van der Waals surface area contributed by atoms with Crippen molar-refractivity contribution < 1.29 is 4.39 Å². The summed E-state index contributed by atoms with van der Waals surface area (Å²) in [6.07, 6.45) is 0. The topological polar surface area (TPSA) is 38.0 Å². The molecule has 0 amide bonds. The lowest BCUT2D eigenvalue weighted by molar-refractivity contribution is 0.633. The van der Waals surface area contributed by atoms with Crippen LogP contribution < -0.4 is 11.1 Å². The van der Waals surface area contributed by atoms with Crippen LogP contribution in [0, 0.1) is 19.7 Å². The summed E-state index contributed by atoms with van der Waals surface area (Å²) in [5.74, 6) is -0.402. The molecule has 88 valence electrons. The SMILES string of the molecule is Cc1cccc(C)c1Nc1ccc(N)c(F)c1. The molecule has 0 saturated carbocycles. The minimum absolute atomic E-state index is 0.164. The first-order chi connectivity index (χ1) is 8.08. The van der Waals surface area contributed by atoms with Gasteiger partial charge in [-0.2, -0.15) is 0 Å². The molecular weight excluding hydrogens is 215 g/mol. The first-order valence-corrected chi connectivity index (χ1v) is 5.46. The molecule has 0 aliphatic heterocycles. The quantitative estimate of drug-likeness (QED) is 0.771. The van der Waals surface area contributed by atoms with Gasteiger partial charge in [-0.3, -0.25) is 0 Å². The third-order valence-electron chi connectivity index (χ3n) is 2.75. The van der Waals surface area contributed by atoms with Gasteiger partial charge in [0.05, 0.1) is 5.69 Å². The molecule has 0 radical (unpaired) electrons. The highest BCUT2D eigenvalue weighted by Crippen LogP contribution is 2.25. The maximum atomic E-state index is 13.3. The number of rotatable bonds is 2. The summed E-state index contributed by atoms with van der Waals surface area (Å²) >= 11 is 0. The van der Waals surface area contributed by atoms with Crippen LogP contribution in [0.25, 0.3) is 0 Å². The van der Waals surface area contributed by atoms with E-state index in [1.807, 2.05) is 32.0 Å². The Morgan fingerprint density at radius 2 is 1.71 bits per heavy atom. The van der Waals surface area contributed by atoms with Gasteiger partial charge < -0.3 is 11.1 Å². The second kappa shape index (κ2) is 4.45. The van der Waals surface area contributed by atoms with Crippen LogP contribution in [0.3, 0.4) is 0 Å². The van der Waals surface area contributed by atoms with Gasteiger partial charge in [-0.25, -0.2) is 4.39 Å². The molecule has 0 aliphatic carbocycles. The molecule has 17 heavy (non-hydrogen) atoms. The second-order valence-electron chi connectivity index (χ2n) is 4.13. The lowest BCUT2D eigenvalue weighted by atomic mass is 10.1. The van der Waals surface area contributed by atoms with Crippen molar-refractivity contribution in [3.63, 3.8) is 0 Å². The Balaban J connectivity index is 2.35. The average Bonchev–Trinajstić information content (AvgIpc) is 2.28. The summed E-state index contributed by atoms with van der Waals surface area (Å²) in [5.41, 5.74) is 9.57. The molecule has 0 unspecified atom stereocenters. The Labute approximate surface area is 100 Å². The van der Waals surface area contributed by atoms with Crippen molar-refractivity contribution in [2.24, 2.45) is 0 Å². The Morgan fingerprint density at radius 3 is 2.29 bits per heavy atom. The van der Waals surface area contributed by atoms with E-state index in [0.29, 0.717) is 5.69 Å². The van der Waals surface area contributed by atoms with Crippen LogP contribution >= 0.6 is 0 Å². The van der Waals surface area contributed by atoms with Gasteiger partial charge in [0.1, 0.15) is 5.82 Å². The Hall–Kier alpha value is -2.03. The third-order valence-corrected chi connectivity index (χ3v) is 2.75. The van der Waals surface area contributed by atoms with E-state index >= 15 is 0 Å². The Bertz CT molecular complexity index is 530. The smallest absolute Gasteiger partial charge is 0.148 e. The van der Waals surface area contributed by atoms with Crippen LogP contribution in [-0.4, -0.2) is 0 Å². The molecule has 2 aromatic carbocycles. The monoisotopic (exact) mass is 230 g/mol. The van der Waals surface area contributed by atoms with Crippen LogP contribution in [0.1, 0.15) is 11.1 Å². The van der Waals surface area contributed by atoms with Crippen LogP contribution in [0.5, 0.6) is 0 Å². The van der Waals surface area contributed by atoms with Crippen molar-refractivity contribution in [3.05, 3.63) is 53.3 Å². The predicted octanol–water partition coefficient (Wildman–Crippen LogP) is 3.77. The number of halogens is 1. The number of benzene rings is 2. The highest BCUT2D eigenvalue weighted by molar-refractivity contribution is 5.67. The number of nitrogens with two attached hydrogens (primary N) is 1. The first-order valence-electron chi connectivity index (χ1n) is 5.46. The molecule has 3 heteroatoms. The fourth-order valence-electron chi connectivity index (χ4n) is 1.76. The molecule has 0 atom stereocenters. The zero-order chi connectivity index (χ0) is 12.4. The Kier molecular flexibility index (Phi) is 3.00. The summed E-state index contributed by atoms with van der Waals surface area (Å²) < 4.78 is 13.3. The van der Waals surface area contributed by atoms with E-state index in [1.165, 1.54) is 6.07 Å². The van der Waals surface area contributed by atoms with Crippen molar-refractivity contribution in [2.45, 2.75) is 13.8 Å². The molecule has 2 aromatic rings. The fourth-order valence-corrected chi connectivity index (χ4v) is 1.76. The number of nitrogen functional groups attached to an aromatic ring is 1. The predicted molar refractivity (Wildman–Crippen MR) is 70.0 cm³/mol. The summed E-state index contributed by atoms with van der Waals surface area (Å²) in [5, 5.41) is 3.21. The summed E-state index contributed by atoms with van der Waals surface area (Å²) in [4.78, 5) is 0. The van der Waals surface area contributed by atoms with E-state index in [4.69, 9.17) is 5.73 Å². The van der Waals surface area contributed by atoms with Gasteiger partial charge in [0, 0.05) is 11.4 Å². The highest BCUT2D eigenvalue weighted by Gasteiger charge is 2.04. The van der Waals surface area contributed by atoms with E-state index in [2.05, 4.69) is 5.32 Å². The molecular formula is C14H15FN2. The molecule has 0 spiro atoms. The molecule has 2 nitrogen and oxygen atoms in total. The van der Waals surface area contributed by atoms with Crippen molar-refractivity contribution >= 4 is 17.1 Å². The van der Waals surface area contributed by atoms with Gasteiger partial charge >= 0.3 is 0 Å². The maximum Gasteiger partial charge on any atom is 0.148 e. The highest BCUT2D eigenvalue weighted by atomic mass is 19.1. The number of para-hydroxylation sites is 1. The van der Waals surface area contributed by atoms with Crippen molar-refractivity contribution in [1.82, 2.24) is 0 Å².